The predicted octanol–water partition coefficient (Wildman–Crippen LogP) is 2.58. The zero-order valence-electron chi connectivity index (χ0n) is 10.2. The van der Waals surface area contributed by atoms with Crippen molar-refractivity contribution in [2.45, 2.75) is 18.9 Å². The molecule has 0 spiro atoms. The summed E-state index contributed by atoms with van der Waals surface area (Å²) in [5, 5.41) is 10.3. The van der Waals surface area contributed by atoms with Gasteiger partial charge in [0.25, 0.3) is 5.91 Å². The van der Waals surface area contributed by atoms with Gasteiger partial charge in [0.2, 0.25) is 0 Å². The average molecular weight is 341 g/mol. The van der Waals surface area contributed by atoms with Gasteiger partial charge in [0.05, 0.1) is 23.3 Å². The first-order chi connectivity index (χ1) is 9.24. The molecule has 2 aromatic rings. The molecular weight excluding hydrogens is 328 g/mol. The summed E-state index contributed by atoms with van der Waals surface area (Å²) >= 11 is 4.86. The van der Waals surface area contributed by atoms with E-state index in [0.29, 0.717) is 6.04 Å². The van der Waals surface area contributed by atoms with Crippen LogP contribution in [0.5, 0.6) is 0 Å². The minimum Gasteiger partial charge on any atom is -0.338 e. The molecule has 0 atom stereocenters. The van der Waals surface area contributed by atoms with Crippen LogP contribution in [0.4, 0.5) is 0 Å². The fourth-order valence-electron chi connectivity index (χ4n) is 2.30. The Hall–Kier alpha value is -1.21. The van der Waals surface area contributed by atoms with Crippen LogP contribution in [0.25, 0.3) is 0 Å². The van der Waals surface area contributed by atoms with E-state index in [1.165, 1.54) is 11.3 Å². The van der Waals surface area contributed by atoms with Gasteiger partial charge in [0.15, 0.2) is 0 Å². The number of likely N-dealkylation sites (tertiary alicyclic amines) is 1. The first kappa shape index (κ1) is 12.8. The van der Waals surface area contributed by atoms with Crippen LogP contribution in [0.3, 0.4) is 0 Å². The van der Waals surface area contributed by atoms with Gasteiger partial charge in [-0.15, -0.1) is 11.3 Å². The highest BCUT2D eigenvalue weighted by atomic mass is 79.9. The first-order valence-electron chi connectivity index (χ1n) is 6.13. The minimum absolute atomic E-state index is 0.127. The summed E-state index contributed by atoms with van der Waals surface area (Å²) in [7, 11) is 0. The number of hydrogen-bond donors (Lipinski definition) is 0. The quantitative estimate of drug-likeness (QED) is 0.844. The van der Waals surface area contributed by atoms with E-state index in [1.807, 2.05) is 16.3 Å². The molecule has 0 radical (unpaired) electrons. The van der Waals surface area contributed by atoms with Gasteiger partial charge in [-0.1, -0.05) is 0 Å². The van der Waals surface area contributed by atoms with Crippen molar-refractivity contribution in [2.24, 2.45) is 0 Å². The van der Waals surface area contributed by atoms with E-state index in [2.05, 4.69) is 26.1 Å². The van der Waals surface area contributed by atoms with Crippen molar-refractivity contribution in [1.82, 2.24) is 19.9 Å². The third-order valence-electron chi connectivity index (χ3n) is 3.29. The second-order valence-corrected chi connectivity index (χ2v) is 6.33. The molecule has 100 valence electrons. The molecule has 0 unspecified atom stereocenters. The van der Waals surface area contributed by atoms with E-state index in [1.54, 1.807) is 17.2 Å². The predicted molar refractivity (Wildman–Crippen MR) is 76.2 cm³/mol. The van der Waals surface area contributed by atoms with Crippen LogP contribution in [-0.4, -0.2) is 38.9 Å². The summed E-state index contributed by atoms with van der Waals surface area (Å²) in [4.78, 5) is 16.7. The van der Waals surface area contributed by atoms with Gasteiger partial charge in [-0.25, -0.2) is 0 Å². The Kier molecular flexibility index (Phi) is 3.65. The highest BCUT2D eigenvalue weighted by Gasteiger charge is 2.25. The smallest absolute Gasteiger partial charge is 0.263 e. The van der Waals surface area contributed by atoms with Gasteiger partial charge >= 0.3 is 0 Å². The lowest BCUT2D eigenvalue weighted by molar-refractivity contribution is 0.0688. The van der Waals surface area contributed by atoms with Crippen LogP contribution in [0.1, 0.15) is 28.6 Å². The van der Waals surface area contributed by atoms with Crippen LogP contribution < -0.4 is 0 Å². The van der Waals surface area contributed by atoms with Crippen LogP contribution in [0.2, 0.25) is 0 Å². The number of aromatic nitrogens is 3. The van der Waals surface area contributed by atoms with Crippen molar-refractivity contribution in [3.05, 3.63) is 33.2 Å². The van der Waals surface area contributed by atoms with Crippen molar-refractivity contribution in [1.29, 1.82) is 0 Å². The number of rotatable bonds is 2. The van der Waals surface area contributed by atoms with Crippen molar-refractivity contribution in [3.63, 3.8) is 0 Å². The van der Waals surface area contributed by atoms with E-state index in [0.717, 1.165) is 35.3 Å². The minimum atomic E-state index is 0.127. The molecule has 1 aliphatic heterocycles. The van der Waals surface area contributed by atoms with E-state index >= 15 is 0 Å². The lowest BCUT2D eigenvalue weighted by Crippen LogP contribution is -2.39. The van der Waals surface area contributed by atoms with Crippen molar-refractivity contribution >= 4 is 33.2 Å². The third kappa shape index (κ3) is 2.71. The lowest BCUT2D eigenvalue weighted by Gasteiger charge is -2.31. The Morgan fingerprint density at radius 2 is 2.00 bits per heavy atom. The maximum atomic E-state index is 12.3. The molecule has 7 heteroatoms. The van der Waals surface area contributed by atoms with Gasteiger partial charge in [-0.05, 0) is 34.8 Å². The molecule has 1 saturated heterocycles. The van der Waals surface area contributed by atoms with E-state index in [9.17, 15) is 4.79 Å². The van der Waals surface area contributed by atoms with E-state index in [-0.39, 0.29) is 5.91 Å². The summed E-state index contributed by atoms with van der Waals surface area (Å²) in [5.41, 5.74) is 0. The van der Waals surface area contributed by atoms with Gasteiger partial charge in [0, 0.05) is 22.9 Å². The number of carbonyl (C=O) groups is 1. The molecule has 5 nitrogen and oxygen atoms in total. The molecule has 1 aliphatic rings. The maximum Gasteiger partial charge on any atom is 0.263 e. The second-order valence-electron chi connectivity index (χ2n) is 4.50. The van der Waals surface area contributed by atoms with Gasteiger partial charge in [-0.2, -0.15) is 15.0 Å². The summed E-state index contributed by atoms with van der Waals surface area (Å²) in [6.07, 6.45) is 5.21. The fourth-order valence-corrected chi connectivity index (χ4v) is 3.69. The number of amides is 1. The fraction of sp³-hybridized carbons (Fsp3) is 0.417. The summed E-state index contributed by atoms with van der Waals surface area (Å²) < 4.78 is 0.969. The lowest BCUT2D eigenvalue weighted by atomic mass is 10.1. The van der Waals surface area contributed by atoms with E-state index in [4.69, 9.17) is 0 Å². The SMILES string of the molecule is O=C(c1cc(Br)cs1)N1CCC(n2nccn2)CC1. The molecule has 1 amide bonds. The molecule has 0 aliphatic carbocycles. The van der Waals surface area contributed by atoms with Gasteiger partial charge < -0.3 is 4.90 Å². The highest BCUT2D eigenvalue weighted by Crippen LogP contribution is 2.25. The molecule has 0 bridgehead atoms. The van der Waals surface area contributed by atoms with Crippen LogP contribution in [0, 0.1) is 0 Å². The Balaban J connectivity index is 1.62. The monoisotopic (exact) mass is 340 g/mol. The Labute approximate surface area is 123 Å². The standard InChI is InChI=1S/C12H13BrN4OS/c13-9-7-11(19-8-9)12(18)16-5-1-10(2-6-16)17-14-3-4-15-17/h3-4,7-8,10H,1-2,5-6H2. The van der Waals surface area contributed by atoms with Crippen LogP contribution in [-0.2, 0) is 0 Å². The van der Waals surface area contributed by atoms with Crippen LogP contribution in [0.15, 0.2) is 28.3 Å². The topological polar surface area (TPSA) is 51.0 Å². The Bertz CT molecular complexity index is 560. The van der Waals surface area contributed by atoms with E-state index < -0.39 is 0 Å². The zero-order chi connectivity index (χ0) is 13.2. The summed E-state index contributed by atoms with van der Waals surface area (Å²) in [6.45, 7) is 1.53. The molecule has 3 rings (SSSR count). The Morgan fingerprint density at radius 1 is 1.32 bits per heavy atom. The first-order valence-corrected chi connectivity index (χ1v) is 7.80. The normalized spacial score (nSPS) is 16.8. The van der Waals surface area contributed by atoms with Crippen LogP contribution >= 0.6 is 27.3 Å². The van der Waals surface area contributed by atoms with Gasteiger partial charge in [0.1, 0.15) is 0 Å². The molecule has 0 N–H and O–H groups in total. The number of thiophene rings is 1. The molecule has 1 fully saturated rings. The molecule has 0 aromatic carbocycles. The van der Waals surface area contributed by atoms with Crippen molar-refractivity contribution in [3.8, 4) is 0 Å². The molecule has 0 saturated carbocycles. The Morgan fingerprint density at radius 3 is 2.58 bits per heavy atom. The maximum absolute atomic E-state index is 12.3. The third-order valence-corrected chi connectivity index (χ3v) is 4.97. The number of nitrogens with zero attached hydrogens (tertiary/aromatic N) is 4. The summed E-state index contributed by atoms with van der Waals surface area (Å²) in [5.74, 6) is 0.127. The van der Waals surface area contributed by atoms with Gasteiger partial charge in [-0.3, -0.25) is 4.79 Å². The van der Waals surface area contributed by atoms with Crippen molar-refractivity contribution in [2.75, 3.05) is 13.1 Å². The highest BCUT2D eigenvalue weighted by molar-refractivity contribution is 9.10. The molecule has 2 aromatic heterocycles. The largest absolute Gasteiger partial charge is 0.338 e. The molecule has 19 heavy (non-hydrogen) atoms. The van der Waals surface area contributed by atoms with Crippen molar-refractivity contribution < 1.29 is 4.79 Å². The molecule has 3 heterocycles. The number of hydrogen-bond acceptors (Lipinski definition) is 4. The number of carbonyl (C=O) groups excluding carboxylic acids is 1. The number of piperidine rings is 1. The zero-order valence-corrected chi connectivity index (χ0v) is 12.6. The molecular formula is C12H13BrN4OS. The number of halogens is 1. The second kappa shape index (κ2) is 5.42. The average Bonchev–Trinajstić information content (AvgIpc) is 3.09. The summed E-state index contributed by atoms with van der Waals surface area (Å²) in [6, 6.07) is 2.20.